The van der Waals surface area contributed by atoms with Gasteiger partial charge in [0, 0.05) is 17.2 Å². The van der Waals surface area contributed by atoms with Gasteiger partial charge in [-0.1, -0.05) is 19.8 Å². The van der Waals surface area contributed by atoms with Crippen LogP contribution >= 0.6 is 0 Å². The molecule has 2 bridgehead atoms. The number of hydrogen-bond acceptors (Lipinski definition) is 4. The van der Waals surface area contributed by atoms with E-state index in [0.717, 1.165) is 41.7 Å². The number of nitrogens with zero attached hydrogens (tertiary/aromatic N) is 2. The summed E-state index contributed by atoms with van der Waals surface area (Å²) in [5.41, 5.74) is 3.28. The van der Waals surface area contributed by atoms with Crippen LogP contribution in [0.3, 0.4) is 0 Å². The quantitative estimate of drug-likeness (QED) is 0.746. The van der Waals surface area contributed by atoms with Crippen LogP contribution < -0.4 is 0 Å². The average Bonchev–Trinajstić information content (AvgIpc) is 2.66. The molecule has 0 radical (unpaired) electrons. The summed E-state index contributed by atoms with van der Waals surface area (Å²) in [5.74, 6) is 0.816. The van der Waals surface area contributed by atoms with Gasteiger partial charge >= 0.3 is 5.97 Å². The highest BCUT2D eigenvalue weighted by Gasteiger charge is 2.44. The number of phenolic OH excluding ortho intramolecular Hbond substituents is 1. The molecule has 1 aromatic heterocycles. The molecule has 0 amide bonds. The Morgan fingerprint density at radius 2 is 2.07 bits per heavy atom. The Balaban J connectivity index is 1.67. The molecule has 28 heavy (non-hydrogen) atoms. The predicted octanol–water partition coefficient (Wildman–Crippen LogP) is 4.80. The smallest absolute Gasteiger partial charge is 0.328 e. The van der Waals surface area contributed by atoms with Crippen LogP contribution in [0.25, 0.3) is 17.3 Å². The highest BCUT2D eigenvalue weighted by atomic mass is 16.4. The lowest BCUT2D eigenvalue weighted by molar-refractivity contribution is -0.131. The van der Waals surface area contributed by atoms with E-state index < -0.39 is 5.97 Å². The van der Waals surface area contributed by atoms with Crippen molar-refractivity contribution in [3.63, 3.8) is 0 Å². The van der Waals surface area contributed by atoms with Crippen molar-refractivity contribution in [1.29, 1.82) is 0 Å². The van der Waals surface area contributed by atoms with E-state index in [9.17, 15) is 9.90 Å². The summed E-state index contributed by atoms with van der Waals surface area (Å²) in [7, 11) is 0. The maximum atomic E-state index is 10.7. The number of benzene rings is 1. The van der Waals surface area contributed by atoms with Crippen LogP contribution in [-0.4, -0.2) is 26.4 Å². The van der Waals surface area contributed by atoms with E-state index in [4.69, 9.17) is 5.11 Å². The standard InChI is InChI=1S/C23H26N2O3/c1-15-11-16-3-2-10-23(13-15,14-16)19-12-17(4-8-21(19)26)20-7-5-18(24-25-20)6-9-22(27)28/h4-9,12,15-16,26H,2-3,10-11,13-14H2,1H3,(H,27,28). The van der Waals surface area contributed by atoms with Gasteiger partial charge in [0.2, 0.25) is 0 Å². The third-order valence-electron chi connectivity index (χ3n) is 6.37. The van der Waals surface area contributed by atoms with Crippen molar-refractivity contribution in [2.75, 3.05) is 0 Å². The maximum absolute atomic E-state index is 10.7. The molecule has 1 aromatic carbocycles. The molecule has 2 N–H and O–H groups in total. The molecule has 3 unspecified atom stereocenters. The summed E-state index contributed by atoms with van der Waals surface area (Å²) >= 11 is 0. The Bertz CT molecular complexity index is 903. The minimum absolute atomic E-state index is 0.0677. The largest absolute Gasteiger partial charge is 0.508 e. The van der Waals surface area contributed by atoms with Gasteiger partial charge < -0.3 is 10.2 Å². The van der Waals surface area contributed by atoms with Crippen LogP contribution in [0.5, 0.6) is 5.75 Å². The van der Waals surface area contributed by atoms with Crippen LogP contribution in [0, 0.1) is 11.8 Å². The van der Waals surface area contributed by atoms with Gasteiger partial charge in [0.05, 0.1) is 11.4 Å². The topological polar surface area (TPSA) is 83.3 Å². The van der Waals surface area contributed by atoms with Crippen molar-refractivity contribution in [3.8, 4) is 17.0 Å². The Labute approximate surface area is 165 Å². The fraction of sp³-hybridized carbons (Fsp3) is 0.435. The van der Waals surface area contributed by atoms with Gasteiger partial charge in [-0.3, -0.25) is 0 Å². The SMILES string of the molecule is CC1CC2CCCC(c3cc(-c4ccc(C=CC(=O)O)nn4)ccc3O)(C1)C2. The molecule has 146 valence electrons. The fourth-order valence-corrected chi connectivity index (χ4v) is 5.41. The summed E-state index contributed by atoms with van der Waals surface area (Å²) in [6.45, 7) is 2.34. The minimum atomic E-state index is -1.01. The molecule has 3 atom stereocenters. The highest BCUT2D eigenvalue weighted by molar-refractivity contribution is 5.84. The van der Waals surface area contributed by atoms with Gasteiger partial charge in [-0.05, 0) is 79.3 Å². The van der Waals surface area contributed by atoms with E-state index >= 15 is 0 Å². The van der Waals surface area contributed by atoms with Gasteiger partial charge in [-0.25, -0.2) is 4.79 Å². The van der Waals surface area contributed by atoms with Gasteiger partial charge in [0.15, 0.2) is 0 Å². The van der Waals surface area contributed by atoms with Crippen LogP contribution in [0.1, 0.15) is 56.7 Å². The molecule has 0 aliphatic heterocycles. The first kappa shape index (κ1) is 18.7. The summed E-state index contributed by atoms with van der Waals surface area (Å²) < 4.78 is 0. The van der Waals surface area contributed by atoms with Crippen molar-refractivity contribution >= 4 is 12.0 Å². The number of carbonyl (C=O) groups is 1. The Morgan fingerprint density at radius 1 is 1.21 bits per heavy atom. The van der Waals surface area contributed by atoms with Gasteiger partial charge in [-0.2, -0.15) is 5.10 Å². The van der Waals surface area contributed by atoms with Crippen LogP contribution in [-0.2, 0) is 10.2 Å². The number of hydrogen-bond donors (Lipinski definition) is 2. The Kier molecular flexibility index (Phi) is 4.92. The summed E-state index contributed by atoms with van der Waals surface area (Å²) in [6, 6.07) is 9.34. The van der Waals surface area contributed by atoms with Crippen LogP contribution in [0.15, 0.2) is 36.4 Å². The first-order valence-electron chi connectivity index (χ1n) is 10.0. The molecule has 2 aromatic rings. The van der Waals surface area contributed by atoms with Crippen molar-refractivity contribution in [2.45, 2.75) is 50.9 Å². The molecule has 5 nitrogen and oxygen atoms in total. The number of phenols is 1. The second-order valence-corrected chi connectivity index (χ2v) is 8.53. The molecule has 5 heteroatoms. The first-order chi connectivity index (χ1) is 13.4. The molecular formula is C23H26N2O3. The Hall–Kier alpha value is -2.69. The van der Waals surface area contributed by atoms with Crippen LogP contribution in [0.4, 0.5) is 0 Å². The van der Waals surface area contributed by atoms with E-state index in [1.165, 1.54) is 31.8 Å². The van der Waals surface area contributed by atoms with E-state index in [0.29, 0.717) is 17.4 Å². The molecule has 4 rings (SSSR count). The number of aromatic hydroxyl groups is 1. The average molecular weight is 378 g/mol. The van der Waals surface area contributed by atoms with Gasteiger partial charge in [-0.15, -0.1) is 5.10 Å². The maximum Gasteiger partial charge on any atom is 0.328 e. The summed E-state index contributed by atoms with van der Waals surface area (Å²) in [6.07, 6.45) is 9.74. The molecule has 0 saturated heterocycles. The third kappa shape index (κ3) is 3.66. The zero-order valence-corrected chi connectivity index (χ0v) is 16.1. The van der Waals surface area contributed by atoms with E-state index in [-0.39, 0.29) is 5.41 Å². The molecule has 2 aliphatic carbocycles. The minimum Gasteiger partial charge on any atom is -0.508 e. The number of fused-ring (bicyclic) bond motifs is 2. The van der Waals surface area contributed by atoms with Crippen molar-refractivity contribution < 1.29 is 15.0 Å². The predicted molar refractivity (Wildman–Crippen MR) is 108 cm³/mol. The highest BCUT2D eigenvalue weighted by Crippen LogP contribution is 2.54. The monoisotopic (exact) mass is 378 g/mol. The molecule has 2 saturated carbocycles. The molecule has 0 spiro atoms. The third-order valence-corrected chi connectivity index (χ3v) is 6.37. The number of aromatic nitrogens is 2. The Morgan fingerprint density at radius 3 is 2.82 bits per heavy atom. The molecule has 2 fully saturated rings. The molecule has 1 heterocycles. The van der Waals surface area contributed by atoms with Crippen molar-refractivity contribution in [1.82, 2.24) is 10.2 Å². The molecular weight excluding hydrogens is 352 g/mol. The van der Waals surface area contributed by atoms with Gasteiger partial charge in [0.1, 0.15) is 5.75 Å². The normalized spacial score (nSPS) is 27.0. The number of carboxylic acids is 1. The van der Waals surface area contributed by atoms with Crippen molar-refractivity contribution in [2.24, 2.45) is 11.8 Å². The summed E-state index contributed by atoms with van der Waals surface area (Å²) in [5, 5.41) is 27.8. The number of rotatable bonds is 4. The lowest BCUT2D eigenvalue weighted by Crippen LogP contribution is -2.39. The zero-order valence-electron chi connectivity index (χ0n) is 16.1. The fourth-order valence-electron chi connectivity index (χ4n) is 5.41. The van der Waals surface area contributed by atoms with E-state index in [1.807, 2.05) is 12.1 Å². The summed E-state index contributed by atoms with van der Waals surface area (Å²) in [4.78, 5) is 10.6. The van der Waals surface area contributed by atoms with Gasteiger partial charge in [0.25, 0.3) is 0 Å². The lowest BCUT2D eigenvalue weighted by atomic mass is 9.56. The van der Waals surface area contributed by atoms with E-state index in [1.54, 1.807) is 12.1 Å². The second kappa shape index (κ2) is 7.38. The van der Waals surface area contributed by atoms with E-state index in [2.05, 4.69) is 23.2 Å². The number of aliphatic carboxylic acids is 1. The lowest BCUT2D eigenvalue weighted by Gasteiger charge is -2.48. The second-order valence-electron chi connectivity index (χ2n) is 8.53. The zero-order chi connectivity index (χ0) is 19.7. The number of carboxylic acid groups (broad SMARTS) is 1. The first-order valence-corrected chi connectivity index (χ1v) is 10.0. The van der Waals surface area contributed by atoms with Crippen molar-refractivity contribution in [3.05, 3.63) is 47.7 Å². The van der Waals surface area contributed by atoms with Crippen LogP contribution in [0.2, 0.25) is 0 Å². The molecule has 2 aliphatic rings.